The molecule has 6 heteroatoms. The first-order valence-corrected chi connectivity index (χ1v) is 8.38. The lowest BCUT2D eigenvalue weighted by molar-refractivity contribution is 0.0988. The average molecular weight is 298 g/mol. The molecule has 5 nitrogen and oxygen atoms in total. The van der Waals surface area contributed by atoms with Crippen molar-refractivity contribution in [3.8, 4) is 0 Å². The predicted molar refractivity (Wildman–Crippen MR) is 81.6 cm³/mol. The van der Waals surface area contributed by atoms with E-state index < -0.39 is 15.6 Å². The zero-order chi connectivity index (χ0) is 15.4. The first-order chi connectivity index (χ1) is 9.13. The Hall–Kier alpha value is -1.40. The lowest BCUT2D eigenvalue weighted by Gasteiger charge is -2.25. The van der Waals surface area contributed by atoms with Gasteiger partial charge in [0.15, 0.2) is 5.78 Å². The van der Waals surface area contributed by atoms with Gasteiger partial charge in [0.05, 0.1) is 6.26 Å². The topological polar surface area (TPSA) is 75.3 Å². The number of anilines is 1. The number of hydrogen-bond acceptors (Lipinski definition) is 4. The molecule has 0 heterocycles. The van der Waals surface area contributed by atoms with Crippen molar-refractivity contribution in [2.75, 3.05) is 18.1 Å². The van der Waals surface area contributed by atoms with E-state index in [9.17, 15) is 13.2 Å². The molecule has 0 bridgehead atoms. The maximum Gasteiger partial charge on any atom is 0.209 e. The SMILES string of the molecule is CCC(=O)c1ccc(NCC(C)(C)NS(C)(=O)=O)cc1. The third-order valence-electron chi connectivity index (χ3n) is 2.72. The van der Waals surface area contributed by atoms with Gasteiger partial charge in [-0.05, 0) is 38.1 Å². The lowest BCUT2D eigenvalue weighted by Crippen LogP contribution is -2.47. The summed E-state index contributed by atoms with van der Waals surface area (Å²) in [5.74, 6) is 0.107. The molecule has 0 aliphatic heterocycles. The molecule has 0 saturated heterocycles. The largest absolute Gasteiger partial charge is 0.383 e. The normalized spacial score (nSPS) is 12.2. The summed E-state index contributed by atoms with van der Waals surface area (Å²) in [5, 5.41) is 3.15. The molecule has 2 N–H and O–H groups in total. The summed E-state index contributed by atoms with van der Waals surface area (Å²) >= 11 is 0. The van der Waals surface area contributed by atoms with Crippen LogP contribution in [-0.2, 0) is 10.0 Å². The maximum atomic E-state index is 11.5. The molecule has 1 aromatic carbocycles. The highest BCUT2D eigenvalue weighted by Gasteiger charge is 2.21. The Bertz CT molecular complexity index is 563. The molecule has 20 heavy (non-hydrogen) atoms. The predicted octanol–water partition coefficient (Wildman–Crippen LogP) is 2.02. The van der Waals surface area contributed by atoms with Crippen LogP contribution >= 0.6 is 0 Å². The summed E-state index contributed by atoms with van der Waals surface area (Å²) in [6, 6.07) is 7.18. The van der Waals surface area contributed by atoms with Crippen LogP contribution in [0.15, 0.2) is 24.3 Å². The van der Waals surface area contributed by atoms with Gasteiger partial charge in [-0.3, -0.25) is 4.79 Å². The first kappa shape index (κ1) is 16.7. The number of rotatable bonds is 7. The molecule has 0 aromatic heterocycles. The molecule has 0 fully saturated rings. The molecular weight excluding hydrogens is 276 g/mol. The second kappa shape index (κ2) is 6.37. The fourth-order valence-corrected chi connectivity index (χ4v) is 2.92. The standard InChI is InChI=1S/C14H22N2O3S/c1-5-13(17)11-6-8-12(9-7-11)15-10-14(2,3)16-20(4,18)19/h6-9,15-16H,5,10H2,1-4H3. The highest BCUT2D eigenvalue weighted by Crippen LogP contribution is 2.13. The monoisotopic (exact) mass is 298 g/mol. The fraction of sp³-hybridized carbons (Fsp3) is 0.500. The van der Waals surface area contributed by atoms with E-state index in [2.05, 4.69) is 10.0 Å². The zero-order valence-corrected chi connectivity index (χ0v) is 13.2. The Morgan fingerprint density at radius 3 is 2.20 bits per heavy atom. The molecule has 0 aliphatic carbocycles. The van der Waals surface area contributed by atoms with Crippen molar-refractivity contribution in [2.45, 2.75) is 32.7 Å². The summed E-state index contributed by atoms with van der Waals surface area (Å²) in [7, 11) is -3.24. The number of carbonyl (C=O) groups excluding carboxylic acids is 1. The first-order valence-electron chi connectivity index (χ1n) is 6.49. The Morgan fingerprint density at radius 2 is 1.75 bits per heavy atom. The summed E-state index contributed by atoms with van der Waals surface area (Å²) in [6.45, 7) is 5.88. The molecule has 0 unspecified atom stereocenters. The van der Waals surface area contributed by atoms with Gasteiger partial charge in [0.1, 0.15) is 0 Å². The molecule has 0 amide bonds. The smallest absolute Gasteiger partial charge is 0.209 e. The Kier molecular flexibility index (Phi) is 5.30. The van der Waals surface area contributed by atoms with E-state index in [1.54, 1.807) is 26.0 Å². The van der Waals surface area contributed by atoms with Crippen molar-refractivity contribution < 1.29 is 13.2 Å². The fourth-order valence-electron chi connectivity index (χ4n) is 1.84. The molecule has 0 atom stereocenters. The van der Waals surface area contributed by atoms with Crippen LogP contribution in [0, 0.1) is 0 Å². The van der Waals surface area contributed by atoms with E-state index in [4.69, 9.17) is 0 Å². The van der Waals surface area contributed by atoms with Crippen molar-refractivity contribution in [3.05, 3.63) is 29.8 Å². The average Bonchev–Trinajstić information content (AvgIpc) is 2.33. The second-order valence-corrected chi connectivity index (χ2v) is 7.21. The van der Waals surface area contributed by atoms with Gasteiger partial charge in [-0.15, -0.1) is 0 Å². The zero-order valence-electron chi connectivity index (χ0n) is 12.4. The number of benzene rings is 1. The quantitative estimate of drug-likeness (QED) is 0.755. The maximum absolute atomic E-state index is 11.5. The van der Waals surface area contributed by atoms with Gasteiger partial charge in [-0.25, -0.2) is 13.1 Å². The number of carbonyl (C=O) groups is 1. The van der Waals surface area contributed by atoms with E-state index in [0.717, 1.165) is 11.9 Å². The number of nitrogens with one attached hydrogen (secondary N) is 2. The van der Waals surface area contributed by atoms with Crippen LogP contribution in [0.2, 0.25) is 0 Å². The van der Waals surface area contributed by atoms with Crippen LogP contribution in [0.4, 0.5) is 5.69 Å². The third-order valence-corrected chi connectivity index (χ3v) is 3.65. The van der Waals surface area contributed by atoms with Gasteiger partial charge in [0.25, 0.3) is 0 Å². The Morgan fingerprint density at radius 1 is 1.20 bits per heavy atom. The van der Waals surface area contributed by atoms with Crippen LogP contribution in [0.25, 0.3) is 0 Å². The van der Waals surface area contributed by atoms with E-state index >= 15 is 0 Å². The van der Waals surface area contributed by atoms with Gasteiger partial charge in [-0.2, -0.15) is 0 Å². The van der Waals surface area contributed by atoms with Crippen LogP contribution in [0.5, 0.6) is 0 Å². The second-order valence-electron chi connectivity index (χ2n) is 5.47. The molecule has 0 radical (unpaired) electrons. The number of ketones is 1. The van der Waals surface area contributed by atoms with Crippen LogP contribution in [0.3, 0.4) is 0 Å². The van der Waals surface area contributed by atoms with Gasteiger partial charge >= 0.3 is 0 Å². The number of sulfonamides is 1. The summed E-state index contributed by atoms with van der Waals surface area (Å²) < 4.78 is 25.0. The van der Waals surface area contributed by atoms with Crippen LogP contribution in [0.1, 0.15) is 37.6 Å². The minimum Gasteiger partial charge on any atom is -0.383 e. The molecule has 0 spiro atoms. The van der Waals surface area contributed by atoms with E-state index in [1.807, 2.05) is 19.1 Å². The third kappa shape index (κ3) is 5.71. The van der Waals surface area contributed by atoms with Crippen molar-refractivity contribution in [2.24, 2.45) is 0 Å². The van der Waals surface area contributed by atoms with Crippen molar-refractivity contribution in [1.29, 1.82) is 0 Å². The molecule has 1 aromatic rings. The minimum atomic E-state index is -3.24. The van der Waals surface area contributed by atoms with Crippen molar-refractivity contribution in [3.63, 3.8) is 0 Å². The van der Waals surface area contributed by atoms with Crippen molar-refractivity contribution >= 4 is 21.5 Å². The molecule has 0 saturated carbocycles. The minimum absolute atomic E-state index is 0.107. The molecule has 1 rings (SSSR count). The molecule has 112 valence electrons. The van der Waals surface area contributed by atoms with Gasteiger partial charge in [-0.1, -0.05) is 6.92 Å². The highest BCUT2D eigenvalue weighted by molar-refractivity contribution is 7.88. The number of Topliss-reactive ketones (excluding diaryl/α,β-unsaturated/α-hetero) is 1. The highest BCUT2D eigenvalue weighted by atomic mass is 32.2. The van der Waals surface area contributed by atoms with E-state index in [-0.39, 0.29) is 5.78 Å². The van der Waals surface area contributed by atoms with E-state index in [0.29, 0.717) is 18.5 Å². The van der Waals surface area contributed by atoms with Gasteiger partial charge < -0.3 is 5.32 Å². The van der Waals surface area contributed by atoms with Crippen molar-refractivity contribution in [1.82, 2.24) is 4.72 Å². The van der Waals surface area contributed by atoms with E-state index in [1.165, 1.54) is 0 Å². The van der Waals surface area contributed by atoms with Gasteiger partial charge in [0.2, 0.25) is 10.0 Å². The molecule has 0 aliphatic rings. The summed E-state index contributed by atoms with van der Waals surface area (Å²) in [5.41, 5.74) is 0.943. The number of hydrogen-bond donors (Lipinski definition) is 2. The van der Waals surface area contributed by atoms with Gasteiger partial charge in [0, 0.05) is 29.8 Å². The summed E-state index contributed by atoms with van der Waals surface area (Å²) in [4.78, 5) is 11.5. The van der Waals surface area contributed by atoms with Crippen LogP contribution < -0.4 is 10.0 Å². The van der Waals surface area contributed by atoms with Crippen LogP contribution in [-0.4, -0.2) is 32.5 Å². The lowest BCUT2D eigenvalue weighted by atomic mass is 10.1. The molecular formula is C14H22N2O3S. The Balaban J connectivity index is 2.64. The Labute approximate surface area is 120 Å². The summed E-state index contributed by atoms with van der Waals surface area (Å²) in [6.07, 6.45) is 1.62.